The lowest BCUT2D eigenvalue weighted by Crippen LogP contribution is -2.39. The largest absolute Gasteiger partial charge is 0.493 e. The molecule has 0 aliphatic carbocycles. The molecule has 0 amide bonds. The zero-order chi connectivity index (χ0) is 19.2. The molecule has 2 heterocycles. The number of pyridine rings is 1. The van der Waals surface area contributed by atoms with Gasteiger partial charge in [-0.3, -0.25) is 14.7 Å². The molecule has 1 saturated heterocycles. The highest BCUT2D eigenvalue weighted by atomic mass is 16.5. The molecule has 1 aromatic heterocycles. The fourth-order valence-corrected chi connectivity index (χ4v) is 3.69. The van der Waals surface area contributed by atoms with Crippen molar-refractivity contribution >= 4 is 5.97 Å². The van der Waals surface area contributed by atoms with Crippen molar-refractivity contribution in [3.63, 3.8) is 0 Å². The normalized spacial score (nSPS) is 16.7. The van der Waals surface area contributed by atoms with E-state index in [0.717, 1.165) is 30.8 Å². The Morgan fingerprint density at radius 3 is 2.52 bits per heavy atom. The van der Waals surface area contributed by atoms with Gasteiger partial charge in [0, 0.05) is 24.4 Å². The maximum absolute atomic E-state index is 11.3. The van der Waals surface area contributed by atoms with Crippen LogP contribution in [0.25, 0.3) is 0 Å². The quantitative estimate of drug-likeness (QED) is 0.807. The van der Waals surface area contributed by atoms with Crippen LogP contribution in [0.3, 0.4) is 0 Å². The van der Waals surface area contributed by atoms with E-state index in [9.17, 15) is 9.90 Å². The van der Waals surface area contributed by atoms with E-state index in [0.29, 0.717) is 24.3 Å². The van der Waals surface area contributed by atoms with Crippen LogP contribution in [0.2, 0.25) is 0 Å². The molecule has 2 aromatic rings. The lowest BCUT2D eigenvalue weighted by atomic mass is 9.92. The topological polar surface area (TPSA) is 71.9 Å². The standard InChI is InChI=1S/C21H26N2O4/c1-26-19-7-6-16(13-20(19)27-2)18(14-17-5-3-4-10-22-17)23-11-8-15(9-12-23)21(24)25/h3-7,10,13,15,18H,8-9,11-12,14H2,1-2H3,(H,24,25). The minimum Gasteiger partial charge on any atom is -0.493 e. The summed E-state index contributed by atoms with van der Waals surface area (Å²) in [6.07, 6.45) is 3.90. The molecule has 0 saturated carbocycles. The SMILES string of the molecule is COc1ccc(C(Cc2ccccn2)N2CCC(C(=O)O)CC2)cc1OC. The Kier molecular flexibility index (Phi) is 6.29. The molecule has 1 aliphatic heterocycles. The molecule has 1 atom stereocenters. The molecule has 0 spiro atoms. The highest BCUT2D eigenvalue weighted by Gasteiger charge is 2.30. The van der Waals surface area contributed by atoms with E-state index in [4.69, 9.17) is 9.47 Å². The smallest absolute Gasteiger partial charge is 0.306 e. The van der Waals surface area contributed by atoms with Crippen LogP contribution >= 0.6 is 0 Å². The zero-order valence-electron chi connectivity index (χ0n) is 15.8. The molecule has 144 valence electrons. The Bertz CT molecular complexity index is 758. The minimum atomic E-state index is -0.693. The third-order valence-electron chi connectivity index (χ3n) is 5.24. The van der Waals surface area contributed by atoms with E-state index in [2.05, 4.69) is 16.0 Å². The van der Waals surface area contributed by atoms with Gasteiger partial charge in [0.05, 0.1) is 20.1 Å². The van der Waals surface area contributed by atoms with E-state index >= 15 is 0 Å². The highest BCUT2D eigenvalue weighted by molar-refractivity contribution is 5.70. The Balaban J connectivity index is 1.87. The number of piperidine rings is 1. The summed E-state index contributed by atoms with van der Waals surface area (Å²) < 4.78 is 10.8. The maximum atomic E-state index is 11.3. The van der Waals surface area contributed by atoms with E-state index in [1.165, 1.54) is 0 Å². The van der Waals surface area contributed by atoms with Crippen LogP contribution < -0.4 is 9.47 Å². The number of benzene rings is 1. The second-order valence-electron chi connectivity index (χ2n) is 6.80. The molecule has 6 nitrogen and oxygen atoms in total. The molecule has 1 unspecified atom stereocenters. The van der Waals surface area contributed by atoms with Crippen LogP contribution in [0.5, 0.6) is 11.5 Å². The number of aliphatic carboxylic acids is 1. The van der Waals surface area contributed by atoms with Crippen LogP contribution in [-0.2, 0) is 11.2 Å². The average molecular weight is 370 g/mol. The summed E-state index contributed by atoms with van der Waals surface area (Å²) in [6.45, 7) is 1.51. The molecule has 6 heteroatoms. The van der Waals surface area contributed by atoms with Crippen molar-refractivity contribution in [2.45, 2.75) is 25.3 Å². The van der Waals surface area contributed by atoms with Gasteiger partial charge in [-0.25, -0.2) is 0 Å². The van der Waals surface area contributed by atoms with Gasteiger partial charge >= 0.3 is 5.97 Å². The third-order valence-corrected chi connectivity index (χ3v) is 5.24. The van der Waals surface area contributed by atoms with Crippen molar-refractivity contribution < 1.29 is 19.4 Å². The van der Waals surface area contributed by atoms with Gasteiger partial charge in [0.25, 0.3) is 0 Å². The van der Waals surface area contributed by atoms with Crippen LogP contribution in [0.4, 0.5) is 0 Å². The molecule has 1 aromatic carbocycles. The predicted octanol–water partition coefficient (Wildman–Crippen LogP) is 3.18. The van der Waals surface area contributed by atoms with Gasteiger partial charge in [0.15, 0.2) is 11.5 Å². The molecular formula is C21H26N2O4. The molecule has 1 aliphatic rings. The van der Waals surface area contributed by atoms with Crippen LogP contribution in [-0.4, -0.2) is 48.3 Å². The lowest BCUT2D eigenvalue weighted by molar-refractivity contribution is -0.143. The first-order chi connectivity index (χ1) is 13.1. The monoisotopic (exact) mass is 370 g/mol. The first-order valence-electron chi connectivity index (χ1n) is 9.21. The Hall–Kier alpha value is -2.60. The van der Waals surface area contributed by atoms with E-state index < -0.39 is 5.97 Å². The van der Waals surface area contributed by atoms with Crippen molar-refractivity contribution in [1.82, 2.24) is 9.88 Å². The van der Waals surface area contributed by atoms with Gasteiger partial charge in [-0.1, -0.05) is 12.1 Å². The summed E-state index contributed by atoms with van der Waals surface area (Å²) in [6, 6.07) is 12.0. The number of carbonyl (C=O) groups is 1. The van der Waals surface area contributed by atoms with E-state index in [1.807, 2.05) is 30.3 Å². The number of ether oxygens (including phenoxy) is 2. The Morgan fingerprint density at radius 1 is 1.19 bits per heavy atom. The molecule has 0 bridgehead atoms. The summed E-state index contributed by atoms with van der Waals surface area (Å²) >= 11 is 0. The lowest BCUT2D eigenvalue weighted by Gasteiger charge is -2.37. The molecule has 0 radical (unpaired) electrons. The van der Waals surface area contributed by atoms with E-state index in [1.54, 1.807) is 20.4 Å². The molecular weight excluding hydrogens is 344 g/mol. The van der Waals surface area contributed by atoms with Crippen molar-refractivity contribution in [1.29, 1.82) is 0 Å². The van der Waals surface area contributed by atoms with Gasteiger partial charge < -0.3 is 14.6 Å². The molecule has 3 rings (SSSR count). The van der Waals surface area contributed by atoms with Crippen molar-refractivity contribution in [3.8, 4) is 11.5 Å². The third kappa shape index (κ3) is 4.57. The average Bonchev–Trinajstić information content (AvgIpc) is 2.72. The zero-order valence-corrected chi connectivity index (χ0v) is 15.8. The Morgan fingerprint density at radius 2 is 1.93 bits per heavy atom. The van der Waals surface area contributed by atoms with Gasteiger partial charge in [-0.05, 0) is 55.8 Å². The van der Waals surface area contributed by atoms with Gasteiger partial charge in [-0.2, -0.15) is 0 Å². The van der Waals surface area contributed by atoms with Crippen LogP contribution in [0.1, 0.15) is 30.1 Å². The molecule has 1 N–H and O–H groups in total. The minimum absolute atomic E-state index is 0.106. The number of nitrogens with zero attached hydrogens (tertiary/aromatic N) is 2. The molecule has 27 heavy (non-hydrogen) atoms. The Labute approximate surface area is 159 Å². The van der Waals surface area contributed by atoms with Crippen molar-refractivity contribution in [3.05, 3.63) is 53.9 Å². The summed E-state index contributed by atoms with van der Waals surface area (Å²) in [5.41, 5.74) is 2.13. The summed E-state index contributed by atoms with van der Waals surface area (Å²) in [5.74, 6) is 0.452. The number of carboxylic acid groups (broad SMARTS) is 1. The number of carboxylic acids is 1. The number of methoxy groups -OCH3 is 2. The number of aromatic nitrogens is 1. The second kappa shape index (κ2) is 8.86. The predicted molar refractivity (Wildman–Crippen MR) is 102 cm³/mol. The summed E-state index contributed by atoms with van der Waals surface area (Å²) in [5, 5.41) is 9.28. The van der Waals surface area contributed by atoms with Gasteiger partial charge in [0.2, 0.25) is 0 Å². The number of hydrogen-bond acceptors (Lipinski definition) is 5. The van der Waals surface area contributed by atoms with Gasteiger partial charge in [-0.15, -0.1) is 0 Å². The first kappa shape index (κ1) is 19.2. The van der Waals surface area contributed by atoms with Crippen LogP contribution in [0, 0.1) is 5.92 Å². The number of hydrogen-bond donors (Lipinski definition) is 1. The highest BCUT2D eigenvalue weighted by Crippen LogP contribution is 2.35. The molecule has 1 fully saturated rings. The van der Waals surface area contributed by atoms with Gasteiger partial charge in [0.1, 0.15) is 0 Å². The second-order valence-corrected chi connectivity index (χ2v) is 6.80. The maximum Gasteiger partial charge on any atom is 0.306 e. The van der Waals surface area contributed by atoms with Crippen LogP contribution in [0.15, 0.2) is 42.6 Å². The fraction of sp³-hybridized carbons (Fsp3) is 0.429. The summed E-state index contributed by atoms with van der Waals surface area (Å²) in [4.78, 5) is 18.1. The van der Waals surface area contributed by atoms with Crippen molar-refractivity contribution in [2.75, 3.05) is 27.3 Å². The fourth-order valence-electron chi connectivity index (χ4n) is 3.69. The first-order valence-corrected chi connectivity index (χ1v) is 9.21. The number of likely N-dealkylation sites (tertiary alicyclic amines) is 1. The number of rotatable bonds is 7. The summed E-state index contributed by atoms with van der Waals surface area (Å²) in [7, 11) is 3.26. The van der Waals surface area contributed by atoms with Crippen molar-refractivity contribution in [2.24, 2.45) is 5.92 Å². The van der Waals surface area contributed by atoms with E-state index in [-0.39, 0.29) is 12.0 Å².